The number of benzene rings is 1. The molecule has 0 bridgehead atoms. The lowest BCUT2D eigenvalue weighted by atomic mass is 9.92. The monoisotopic (exact) mass is 375 g/mol. The number of sulfone groups is 1. The molecule has 118 valence electrons. The van der Waals surface area contributed by atoms with Gasteiger partial charge in [0.1, 0.15) is 5.75 Å². The number of halogens is 1. The van der Waals surface area contributed by atoms with Crippen molar-refractivity contribution in [3.05, 3.63) is 28.2 Å². The van der Waals surface area contributed by atoms with Gasteiger partial charge in [0.15, 0.2) is 9.84 Å². The van der Waals surface area contributed by atoms with Crippen LogP contribution in [0.4, 0.5) is 0 Å². The van der Waals surface area contributed by atoms with Gasteiger partial charge in [0, 0.05) is 6.04 Å². The third kappa shape index (κ3) is 4.20. The minimum absolute atomic E-state index is 0.0544. The molecular formula is C15H22BrNO3S. The molecule has 1 aromatic rings. The van der Waals surface area contributed by atoms with Crippen molar-refractivity contribution in [2.24, 2.45) is 5.92 Å². The molecule has 1 saturated heterocycles. The number of nitrogens with one attached hydrogen (secondary N) is 1. The van der Waals surface area contributed by atoms with E-state index in [4.69, 9.17) is 4.74 Å². The molecule has 2 rings (SSSR count). The highest BCUT2D eigenvalue weighted by Crippen LogP contribution is 2.35. The number of hydrogen-bond acceptors (Lipinski definition) is 4. The molecule has 0 saturated carbocycles. The summed E-state index contributed by atoms with van der Waals surface area (Å²) in [6.45, 7) is 2.76. The molecule has 4 nitrogen and oxygen atoms in total. The highest BCUT2D eigenvalue weighted by atomic mass is 79.9. The Hall–Kier alpha value is -0.590. The summed E-state index contributed by atoms with van der Waals surface area (Å²) in [6, 6.07) is 6.04. The average Bonchev–Trinajstić information content (AvgIpc) is 2.79. The third-order valence-electron chi connectivity index (χ3n) is 3.83. The van der Waals surface area contributed by atoms with Gasteiger partial charge in [0.2, 0.25) is 0 Å². The van der Waals surface area contributed by atoms with Crippen molar-refractivity contribution in [3.63, 3.8) is 0 Å². The summed E-state index contributed by atoms with van der Waals surface area (Å²) in [5.74, 6) is 1.53. The second kappa shape index (κ2) is 7.11. The molecule has 1 N–H and O–H groups in total. The minimum atomic E-state index is -2.87. The second-order valence-electron chi connectivity index (χ2n) is 5.47. The summed E-state index contributed by atoms with van der Waals surface area (Å²) < 4.78 is 29.9. The highest BCUT2D eigenvalue weighted by molar-refractivity contribution is 9.10. The van der Waals surface area contributed by atoms with Crippen LogP contribution in [0, 0.1) is 5.92 Å². The Morgan fingerprint density at radius 2 is 2.24 bits per heavy atom. The molecular weight excluding hydrogens is 354 g/mol. The van der Waals surface area contributed by atoms with Gasteiger partial charge in [-0.3, -0.25) is 0 Å². The zero-order chi connectivity index (χ0) is 15.5. The Balaban J connectivity index is 2.17. The lowest BCUT2D eigenvalue weighted by molar-refractivity contribution is 0.315. The molecule has 1 heterocycles. The molecule has 1 fully saturated rings. The van der Waals surface area contributed by atoms with E-state index in [1.165, 1.54) is 0 Å². The third-order valence-corrected chi connectivity index (χ3v) is 6.24. The number of hydrogen-bond donors (Lipinski definition) is 1. The summed E-state index contributed by atoms with van der Waals surface area (Å²) in [7, 11) is -0.985. The van der Waals surface area contributed by atoms with E-state index in [2.05, 4.69) is 28.2 Å². The predicted molar refractivity (Wildman–Crippen MR) is 88.5 cm³/mol. The summed E-state index contributed by atoms with van der Waals surface area (Å²) in [5, 5.41) is 3.26. The zero-order valence-corrected chi connectivity index (χ0v) is 14.8. The Labute approximate surface area is 135 Å². The standard InChI is InChI=1S/C15H22BrNO3S/c1-3-7-20-14-5-4-11(9-13(14)16)15(17-2)12-6-8-21(18,19)10-12/h4-5,9,12,15,17H,3,6-8,10H2,1-2H3. The molecule has 6 heteroatoms. The van der Waals surface area contributed by atoms with Crippen LogP contribution in [0.2, 0.25) is 0 Å². The van der Waals surface area contributed by atoms with Crippen molar-refractivity contribution in [1.29, 1.82) is 0 Å². The molecule has 0 aromatic heterocycles. The second-order valence-corrected chi connectivity index (χ2v) is 8.55. The van der Waals surface area contributed by atoms with Gasteiger partial charge in [-0.1, -0.05) is 13.0 Å². The first-order valence-electron chi connectivity index (χ1n) is 7.26. The van der Waals surface area contributed by atoms with Crippen LogP contribution >= 0.6 is 15.9 Å². The van der Waals surface area contributed by atoms with Gasteiger partial charge in [0.25, 0.3) is 0 Å². The summed E-state index contributed by atoms with van der Waals surface area (Å²) in [6.07, 6.45) is 1.69. The molecule has 1 aliphatic rings. The van der Waals surface area contributed by atoms with E-state index in [1.807, 2.05) is 25.2 Å². The van der Waals surface area contributed by atoms with Crippen molar-refractivity contribution < 1.29 is 13.2 Å². The van der Waals surface area contributed by atoms with Gasteiger partial charge in [0.05, 0.1) is 22.6 Å². The van der Waals surface area contributed by atoms with E-state index in [-0.39, 0.29) is 17.7 Å². The lowest BCUT2D eigenvalue weighted by Gasteiger charge is -2.23. The van der Waals surface area contributed by atoms with Gasteiger partial charge in [-0.05, 0) is 59.4 Å². The normalized spacial score (nSPS) is 22.1. The molecule has 21 heavy (non-hydrogen) atoms. The van der Waals surface area contributed by atoms with Crippen LogP contribution < -0.4 is 10.1 Å². The fourth-order valence-electron chi connectivity index (χ4n) is 2.80. The van der Waals surface area contributed by atoms with Crippen molar-refractivity contribution in [1.82, 2.24) is 5.32 Å². The van der Waals surface area contributed by atoms with E-state index in [0.717, 1.165) is 28.6 Å². The molecule has 1 aliphatic heterocycles. The minimum Gasteiger partial charge on any atom is -0.492 e. The smallest absolute Gasteiger partial charge is 0.150 e. The summed E-state index contributed by atoms with van der Waals surface area (Å²) in [5.41, 5.74) is 1.09. The topological polar surface area (TPSA) is 55.4 Å². The summed E-state index contributed by atoms with van der Waals surface area (Å²) in [4.78, 5) is 0. The van der Waals surface area contributed by atoms with Gasteiger partial charge >= 0.3 is 0 Å². The van der Waals surface area contributed by atoms with E-state index >= 15 is 0 Å². The predicted octanol–water partition coefficient (Wildman–Crippen LogP) is 2.93. The molecule has 0 spiro atoms. The molecule has 0 radical (unpaired) electrons. The Kier molecular flexibility index (Phi) is 5.68. The fourth-order valence-corrected chi connectivity index (χ4v) is 5.15. The van der Waals surface area contributed by atoms with Crippen LogP contribution in [0.25, 0.3) is 0 Å². The molecule has 2 unspecified atom stereocenters. The first kappa shape index (κ1) is 16.8. The van der Waals surface area contributed by atoms with Crippen LogP contribution in [0.1, 0.15) is 31.4 Å². The molecule has 0 aliphatic carbocycles. The van der Waals surface area contributed by atoms with Crippen molar-refractivity contribution in [3.8, 4) is 5.75 Å². The maximum atomic E-state index is 11.7. The zero-order valence-electron chi connectivity index (χ0n) is 12.4. The molecule has 2 atom stereocenters. The summed E-state index contributed by atoms with van der Waals surface area (Å²) >= 11 is 3.53. The SMILES string of the molecule is CCCOc1ccc(C(NC)C2CCS(=O)(=O)C2)cc1Br. The number of rotatable bonds is 6. The van der Waals surface area contributed by atoms with E-state index < -0.39 is 9.84 Å². The van der Waals surface area contributed by atoms with E-state index in [9.17, 15) is 8.42 Å². The Morgan fingerprint density at radius 3 is 2.76 bits per heavy atom. The van der Waals surface area contributed by atoms with Crippen LogP contribution in [0.3, 0.4) is 0 Å². The fraction of sp³-hybridized carbons (Fsp3) is 0.600. The first-order chi connectivity index (χ1) is 9.96. The number of ether oxygens (including phenoxy) is 1. The Bertz CT molecular complexity index is 589. The van der Waals surface area contributed by atoms with Crippen LogP contribution in [0.5, 0.6) is 5.75 Å². The highest BCUT2D eigenvalue weighted by Gasteiger charge is 2.33. The van der Waals surface area contributed by atoms with Crippen LogP contribution in [-0.4, -0.2) is 33.6 Å². The first-order valence-corrected chi connectivity index (χ1v) is 9.88. The van der Waals surface area contributed by atoms with Crippen LogP contribution in [-0.2, 0) is 9.84 Å². The largest absolute Gasteiger partial charge is 0.492 e. The van der Waals surface area contributed by atoms with Crippen molar-refractivity contribution >= 4 is 25.8 Å². The van der Waals surface area contributed by atoms with E-state index in [0.29, 0.717) is 12.4 Å². The van der Waals surface area contributed by atoms with Crippen molar-refractivity contribution in [2.75, 3.05) is 25.2 Å². The van der Waals surface area contributed by atoms with Crippen molar-refractivity contribution in [2.45, 2.75) is 25.8 Å². The average molecular weight is 376 g/mol. The van der Waals surface area contributed by atoms with Gasteiger partial charge in [-0.25, -0.2) is 8.42 Å². The maximum Gasteiger partial charge on any atom is 0.150 e. The van der Waals surface area contributed by atoms with Crippen LogP contribution in [0.15, 0.2) is 22.7 Å². The molecule has 0 amide bonds. The Morgan fingerprint density at radius 1 is 1.48 bits per heavy atom. The van der Waals surface area contributed by atoms with Gasteiger partial charge < -0.3 is 10.1 Å². The lowest BCUT2D eigenvalue weighted by Crippen LogP contribution is -2.26. The maximum absolute atomic E-state index is 11.7. The van der Waals surface area contributed by atoms with E-state index in [1.54, 1.807) is 0 Å². The van der Waals surface area contributed by atoms with Gasteiger partial charge in [-0.2, -0.15) is 0 Å². The quantitative estimate of drug-likeness (QED) is 0.830. The molecule has 1 aromatic carbocycles. The van der Waals surface area contributed by atoms with Gasteiger partial charge in [-0.15, -0.1) is 0 Å².